The molecule has 164 valence electrons. The Morgan fingerprint density at radius 3 is 2.41 bits per heavy atom. The Kier molecular flexibility index (Phi) is 5.61. The lowest BCUT2D eigenvalue weighted by Crippen LogP contribution is -2.36. The molecule has 3 aliphatic carbocycles. The fourth-order valence-electron chi connectivity index (χ4n) is 5.47. The van der Waals surface area contributed by atoms with Gasteiger partial charge >= 0.3 is 6.03 Å². The normalized spacial score (nSPS) is 20.4. The number of carbonyl (C=O) groups is 1. The van der Waals surface area contributed by atoms with Crippen LogP contribution in [0.3, 0.4) is 0 Å². The molecule has 0 spiro atoms. The highest BCUT2D eigenvalue weighted by atomic mass is 16.5. The Bertz CT molecular complexity index is 1090. The zero-order valence-corrected chi connectivity index (χ0v) is 18.5. The summed E-state index contributed by atoms with van der Waals surface area (Å²) in [5.74, 6) is 1.58. The summed E-state index contributed by atoms with van der Waals surface area (Å²) in [5, 5.41) is 16.1. The van der Waals surface area contributed by atoms with E-state index in [2.05, 4.69) is 22.8 Å². The van der Waals surface area contributed by atoms with E-state index in [-0.39, 0.29) is 18.0 Å². The smallest absolute Gasteiger partial charge is 0.319 e. The summed E-state index contributed by atoms with van der Waals surface area (Å²) >= 11 is 0. The molecule has 0 aliphatic heterocycles. The van der Waals surface area contributed by atoms with Gasteiger partial charge in [0.2, 0.25) is 0 Å². The van der Waals surface area contributed by atoms with Gasteiger partial charge in [-0.15, -0.1) is 0 Å². The molecule has 0 aromatic heterocycles. The third kappa shape index (κ3) is 3.75. The molecule has 3 aliphatic rings. The quantitative estimate of drug-likeness (QED) is 0.606. The zero-order valence-electron chi connectivity index (χ0n) is 18.5. The molecule has 1 unspecified atom stereocenters. The maximum absolute atomic E-state index is 12.3. The number of urea groups is 1. The summed E-state index contributed by atoms with van der Waals surface area (Å²) in [6, 6.07) is 16.7. The Morgan fingerprint density at radius 1 is 1.03 bits per heavy atom. The number of hydrogen-bond acceptors (Lipinski definition) is 3. The summed E-state index contributed by atoms with van der Waals surface area (Å²) in [6.45, 7) is 0. The van der Waals surface area contributed by atoms with Crippen molar-refractivity contribution in [3.8, 4) is 11.8 Å². The average molecular weight is 428 g/mol. The number of nitrogens with one attached hydrogen (secondary N) is 2. The zero-order chi connectivity index (χ0) is 22.1. The van der Waals surface area contributed by atoms with Crippen LogP contribution in [0.5, 0.6) is 5.75 Å². The van der Waals surface area contributed by atoms with Crippen molar-refractivity contribution in [2.24, 2.45) is 5.92 Å². The maximum atomic E-state index is 12.3. The van der Waals surface area contributed by atoms with Gasteiger partial charge in [-0.2, -0.15) is 5.26 Å². The average Bonchev–Trinajstić information content (AvgIpc) is 3.38. The Morgan fingerprint density at radius 2 is 1.78 bits per heavy atom. The Balaban J connectivity index is 1.42. The van der Waals surface area contributed by atoms with Gasteiger partial charge < -0.3 is 15.4 Å². The van der Waals surface area contributed by atoms with Gasteiger partial charge in [0.05, 0.1) is 12.7 Å². The van der Waals surface area contributed by atoms with Crippen molar-refractivity contribution < 1.29 is 9.53 Å². The van der Waals surface area contributed by atoms with E-state index in [0.29, 0.717) is 5.92 Å². The van der Waals surface area contributed by atoms with Gasteiger partial charge in [-0.25, -0.2) is 4.79 Å². The van der Waals surface area contributed by atoms with Gasteiger partial charge in [0.1, 0.15) is 11.8 Å². The number of benzene rings is 2. The summed E-state index contributed by atoms with van der Waals surface area (Å²) in [5.41, 5.74) is 5.91. The van der Waals surface area contributed by atoms with E-state index in [9.17, 15) is 10.1 Å². The lowest BCUT2D eigenvalue weighted by molar-refractivity contribution is 0.248. The van der Waals surface area contributed by atoms with Gasteiger partial charge in [-0.3, -0.25) is 0 Å². The molecule has 1 atom stereocenters. The van der Waals surface area contributed by atoms with E-state index in [1.54, 1.807) is 7.11 Å². The van der Waals surface area contributed by atoms with Crippen LogP contribution in [0.15, 0.2) is 42.5 Å². The largest absolute Gasteiger partial charge is 0.497 e. The molecule has 2 N–H and O–H groups in total. The molecule has 5 rings (SSSR count). The molecule has 2 aromatic carbocycles. The second-order valence-corrected chi connectivity index (χ2v) is 9.18. The Labute approximate surface area is 189 Å². The fourth-order valence-corrected chi connectivity index (χ4v) is 5.47. The van der Waals surface area contributed by atoms with Crippen molar-refractivity contribution in [2.45, 2.75) is 56.9 Å². The lowest BCUT2D eigenvalue weighted by atomic mass is 9.70. The van der Waals surface area contributed by atoms with Crippen LogP contribution < -0.4 is 15.4 Å². The summed E-state index contributed by atoms with van der Waals surface area (Å²) < 4.78 is 5.43. The highest BCUT2D eigenvalue weighted by Gasteiger charge is 2.39. The molecular formula is C27H29N3O2. The maximum Gasteiger partial charge on any atom is 0.319 e. The minimum absolute atomic E-state index is 0.144. The third-order valence-corrected chi connectivity index (χ3v) is 7.32. The first-order chi connectivity index (χ1) is 15.7. The van der Waals surface area contributed by atoms with Crippen LogP contribution in [-0.2, 0) is 0 Å². The van der Waals surface area contributed by atoms with E-state index >= 15 is 0 Å². The molecule has 0 saturated heterocycles. The highest BCUT2D eigenvalue weighted by molar-refractivity contribution is 6.05. The molecule has 5 nitrogen and oxygen atoms in total. The number of methoxy groups -OCH3 is 1. The molecule has 5 heteroatoms. The van der Waals surface area contributed by atoms with Gasteiger partial charge in [0, 0.05) is 23.2 Å². The molecule has 2 amide bonds. The number of allylic oxidation sites excluding steroid dienone is 2. The number of anilines is 1. The monoisotopic (exact) mass is 427 g/mol. The molecule has 2 saturated carbocycles. The van der Waals surface area contributed by atoms with Crippen LogP contribution >= 0.6 is 0 Å². The Hall–Kier alpha value is -3.26. The van der Waals surface area contributed by atoms with Crippen LogP contribution in [-0.4, -0.2) is 19.2 Å². The predicted molar refractivity (Wildman–Crippen MR) is 126 cm³/mol. The van der Waals surface area contributed by atoms with Gasteiger partial charge in [0.25, 0.3) is 0 Å². The highest BCUT2D eigenvalue weighted by Crippen LogP contribution is 2.55. The standard InChI is InChI=1S/C27H29N3O2/c1-32-21-13-14-22-23(15-21)24(16-28)26(25(22)17-5-4-6-17)18-9-11-20(12-10-18)30-27(31)29-19-7-2-3-8-19/h9-15,17,19,25H,2-8H2,1H3,(H2,29,30,31). The van der Waals surface area contributed by atoms with E-state index in [0.717, 1.165) is 46.6 Å². The van der Waals surface area contributed by atoms with Crippen LogP contribution in [0.2, 0.25) is 0 Å². The number of amides is 2. The van der Waals surface area contributed by atoms with Crippen LogP contribution in [0.1, 0.15) is 67.6 Å². The van der Waals surface area contributed by atoms with E-state index in [1.807, 2.05) is 36.4 Å². The number of fused-ring (bicyclic) bond motifs is 1. The number of hydrogen-bond donors (Lipinski definition) is 2. The van der Waals surface area contributed by atoms with Gasteiger partial charge in [0.15, 0.2) is 0 Å². The number of rotatable bonds is 5. The predicted octanol–water partition coefficient (Wildman–Crippen LogP) is 6.09. The lowest BCUT2D eigenvalue weighted by Gasteiger charge is -2.34. The van der Waals surface area contributed by atoms with Crippen molar-refractivity contribution >= 4 is 22.9 Å². The SMILES string of the molecule is COc1ccc2c(c1)C(C#N)=C(c1ccc(NC(=O)NC3CCCC3)cc1)C2C1CCC1. The number of nitrogens with zero attached hydrogens (tertiary/aromatic N) is 1. The molecule has 0 bridgehead atoms. The van der Waals surface area contributed by atoms with Gasteiger partial charge in [-0.05, 0) is 72.6 Å². The van der Waals surface area contributed by atoms with Crippen molar-refractivity contribution in [1.29, 1.82) is 5.26 Å². The second kappa shape index (κ2) is 8.70. The number of ether oxygens (including phenoxy) is 1. The minimum Gasteiger partial charge on any atom is -0.497 e. The van der Waals surface area contributed by atoms with Crippen LogP contribution in [0, 0.1) is 17.2 Å². The molecular weight excluding hydrogens is 398 g/mol. The van der Waals surface area contributed by atoms with Crippen molar-refractivity contribution in [3.63, 3.8) is 0 Å². The second-order valence-electron chi connectivity index (χ2n) is 9.18. The van der Waals surface area contributed by atoms with E-state index in [4.69, 9.17) is 4.74 Å². The van der Waals surface area contributed by atoms with Crippen LogP contribution in [0.25, 0.3) is 11.1 Å². The first-order valence-corrected chi connectivity index (χ1v) is 11.7. The number of nitriles is 1. The number of carbonyl (C=O) groups excluding carboxylic acids is 1. The molecule has 2 aromatic rings. The third-order valence-electron chi connectivity index (χ3n) is 7.32. The van der Waals surface area contributed by atoms with E-state index < -0.39 is 0 Å². The molecule has 2 fully saturated rings. The van der Waals surface area contributed by atoms with Crippen molar-refractivity contribution in [3.05, 3.63) is 59.2 Å². The minimum atomic E-state index is -0.144. The first kappa shape index (κ1) is 20.6. The summed E-state index contributed by atoms with van der Waals surface area (Å²) in [6.07, 6.45) is 8.13. The van der Waals surface area contributed by atoms with Crippen molar-refractivity contribution in [1.82, 2.24) is 5.32 Å². The summed E-state index contributed by atoms with van der Waals surface area (Å²) in [4.78, 5) is 12.3. The summed E-state index contributed by atoms with van der Waals surface area (Å²) in [7, 11) is 1.66. The van der Waals surface area contributed by atoms with Crippen molar-refractivity contribution in [2.75, 3.05) is 12.4 Å². The van der Waals surface area contributed by atoms with E-state index in [1.165, 1.54) is 37.7 Å². The molecule has 32 heavy (non-hydrogen) atoms. The topological polar surface area (TPSA) is 74.1 Å². The fraction of sp³-hybridized carbons (Fsp3) is 0.407. The molecule has 0 radical (unpaired) electrons. The first-order valence-electron chi connectivity index (χ1n) is 11.7. The van der Waals surface area contributed by atoms with Gasteiger partial charge in [-0.1, -0.05) is 37.5 Å². The molecule has 0 heterocycles. The van der Waals surface area contributed by atoms with Crippen LogP contribution in [0.4, 0.5) is 10.5 Å².